The predicted octanol–water partition coefficient (Wildman–Crippen LogP) is -2.04. The van der Waals surface area contributed by atoms with E-state index in [1.54, 1.807) is 0 Å². The molecule has 2 aliphatic rings. The highest BCUT2D eigenvalue weighted by Gasteiger charge is 2.26. The lowest BCUT2D eigenvalue weighted by atomic mass is 10.3. The standard InChI is InChI=1S/2C6H9NO3S.H2O/c2*1-10-6(9)4-2-11-3-5(8)7-4;/h2*4H,2-3H2,1H3,(H,7,8);1H2. The second kappa shape index (κ2) is 11.1. The minimum atomic E-state index is -0.453. The molecule has 2 rings (SSSR count). The van der Waals surface area contributed by atoms with Crippen molar-refractivity contribution in [3.05, 3.63) is 0 Å². The van der Waals surface area contributed by atoms with Crippen molar-refractivity contribution in [3.63, 3.8) is 0 Å². The van der Waals surface area contributed by atoms with Gasteiger partial charge in [0.15, 0.2) is 0 Å². The largest absolute Gasteiger partial charge is 0.467 e. The quantitative estimate of drug-likeness (QED) is 0.531. The number of hydrogen-bond acceptors (Lipinski definition) is 8. The van der Waals surface area contributed by atoms with E-state index < -0.39 is 12.1 Å². The van der Waals surface area contributed by atoms with Crippen LogP contribution in [0.2, 0.25) is 0 Å². The summed E-state index contributed by atoms with van der Waals surface area (Å²) in [6.07, 6.45) is 0. The molecule has 2 unspecified atom stereocenters. The summed E-state index contributed by atoms with van der Waals surface area (Å²) in [6, 6.07) is -0.905. The van der Waals surface area contributed by atoms with Gasteiger partial charge in [0.2, 0.25) is 11.8 Å². The molecule has 0 aromatic heterocycles. The number of rotatable bonds is 2. The maximum absolute atomic E-state index is 10.9. The number of methoxy groups -OCH3 is 2. The van der Waals surface area contributed by atoms with E-state index in [0.717, 1.165) is 0 Å². The van der Waals surface area contributed by atoms with Crippen LogP contribution >= 0.6 is 23.5 Å². The first-order valence-corrected chi connectivity index (χ1v) is 8.68. The zero-order chi connectivity index (χ0) is 16.5. The molecule has 23 heavy (non-hydrogen) atoms. The van der Waals surface area contributed by atoms with Gasteiger partial charge >= 0.3 is 11.9 Å². The molecule has 9 nitrogen and oxygen atoms in total. The highest BCUT2D eigenvalue weighted by Crippen LogP contribution is 2.09. The van der Waals surface area contributed by atoms with Crippen LogP contribution in [-0.2, 0) is 28.7 Å². The molecule has 0 aromatic rings. The molecule has 0 radical (unpaired) electrons. The predicted molar refractivity (Wildman–Crippen MR) is 86.2 cm³/mol. The van der Waals surface area contributed by atoms with Crippen LogP contribution < -0.4 is 10.6 Å². The molecule has 2 heterocycles. The van der Waals surface area contributed by atoms with Gasteiger partial charge in [0.1, 0.15) is 12.1 Å². The molecule has 2 aliphatic heterocycles. The van der Waals surface area contributed by atoms with Crippen LogP contribution in [-0.4, -0.2) is 78.5 Å². The van der Waals surface area contributed by atoms with Gasteiger partial charge in [-0.1, -0.05) is 0 Å². The van der Waals surface area contributed by atoms with Gasteiger partial charge < -0.3 is 25.6 Å². The molecule has 2 saturated heterocycles. The van der Waals surface area contributed by atoms with Crippen molar-refractivity contribution in [3.8, 4) is 0 Å². The van der Waals surface area contributed by atoms with E-state index in [9.17, 15) is 19.2 Å². The Morgan fingerprint density at radius 3 is 1.52 bits per heavy atom. The third-order valence-electron chi connectivity index (χ3n) is 2.68. The van der Waals surface area contributed by atoms with Gasteiger partial charge in [0, 0.05) is 11.5 Å². The Morgan fingerprint density at radius 2 is 1.26 bits per heavy atom. The summed E-state index contributed by atoms with van der Waals surface area (Å²) in [5, 5.41) is 5.07. The Labute approximate surface area is 141 Å². The summed E-state index contributed by atoms with van der Waals surface area (Å²) >= 11 is 2.88. The van der Waals surface area contributed by atoms with Crippen LogP contribution in [0, 0.1) is 0 Å². The lowest BCUT2D eigenvalue weighted by molar-refractivity contribution is -0.144. The summed E-state index contributed by atoms with van der Waals surface area (Å²) in [5.41, 5.74) is 0. The molecule has 2 fully saturated rings. The Balaban J connectivity index is 0.000000403. The average Bonchev–Trinajstić information content (AvgIpc) is 2.54. The Kier molecular flexibility index (Phi) is 10.4. The highest BCUT2D eigenvalue weighted by atomic mass is 32.2. The van der Waals surface area contributed by atoms with Crippen LogP contribution in [0.1, 0.15) is 0 Å². The number of amides is 2. The molecule has 0 bridgehead atoms. The van der Waals surface area contributed by atoms with Crippen molar-refractivity contribution < 1.29 is 34.1 Å². The number of nitrogens with one attached hydrogen (secondary N) is 2. The van der Waals surface area contributed by atoms with Crippen molar-refractivity contribution in [1.29, 1.82) is 0 Å². The fraction of sp³-hybridized carbons (Fsp3) is 0.667. The number of thioether (sulfide) groups is 2. The van der Waals surface area contributed by atoms with Crippen LogP contribution in [0.3, 0.4) is 0 Å². The second-order valence-electron chi connectivity index (χ2n) is 4.32. The highest BCUT2D eigenvalue weighted by molar-refractivity contribution is 8.00. The Bertz CT molecular complexity index is 407. The molecule has 0 aliphatic carbocycles. The molecular formula is C12H20N2O7S2. The maximum atomic E-state index is 10.9. The fourth-order valence-corrected chi connectivity index (χ4v) is 3.32. The van der Waals surface area contributed by atoms with Crippen molar-refractivity contribution in [2.75, 3.05) is 37.2 Å². The third-order valence-corrected chi connectivity index (χ3v) is 4.75. The zero-order valence-corrected chi connectivity index (χ0v) is 14.4. The van der Waals surface area contributed by atoms with Crippen LogP contribution in [0.5, 0.6) is 0 Å². The molecule has 2 atom stereocenters. The van der Waals surface area contributed by atoms with Crippen LogP contribution in [0.4, 0.5) is 0 Å². The van der Waals surface area contributed by atoms with E-state index >= 15 is 0 Å². The first-order valence-electron chi connectivity index (χ1n) is 6.37. The van der Waals surface area contributed by atoms with Gasteiger partial charge in [0.05, 0.1) is 25.7 Å². The van der Waals surface area contributed by atoms with Crippen molar-refractivity contribution in [1.82, 2.24) is 10.6 Å². The van der Waals surface area contributed by atoms with E-state index in [-0.39, 0.29) is 29.2 Å². The lowest BCUT2D eigenvalue weighted by Gasteiger charge is -2.19. The minimum absolute atomic E-state index is 0. The van der Waals surface area contributed by atoms with Crippen molar-refractivity contribution in [2.24, 2.45) is 0 Å². The van der Waals surface area contributed by atoms with Crippen molar-refractivity contribution >= 4 is 47.3 Å². The monoisotopic (exact) mass is 368 g/mol. The van der Waals surface area contributed by atoms with Crippen LogP contribution in [0.25, 0.3) is 0 Å². The molecule has 0 aromatic carbocycles. The molecule has 4 N–H and O–H groups in total. The maximum Gasteiger partial charge on any atom is 0.329 e. The van der Waals surface area contributed by atoms with Gasteiger partial charge in [-0.3, -0.25) is 9.59 Å². The summed E-state index contributed by atoms with van der Waals surface area (Å²) in [5.74, 6) is 1.15. The van der Waals surface area contributed by atoms with Gasteiger partial charge in [0.25, 0.3) is 0 Å². The van der Waals surface area contributed by atoms with E-state index in [2.05, 4.69) is 20.1 Å². The molecule has 0 spiro atoms. The number of esters is 2. The molecule has 0 saturated carbocycles. The van der Waals surface area contributed by atoms with E-state index in [0.29, 0.717) is 23.0 Å². The van der Waals surface area contributed by atoms with Crippen LogP contribution in [0.15, 0.2) is 0 Å². The molecule has 11 heteroatoms. The van der Waals surface area contributed by atoms with Gasteiger partial charge in [-0.15, -0.1) is 23.5 Å². The SMILES string of the molecule is COC(=O)C1CSCC(=O)N1.COC(=O)C1CSCC(=O)N1.O. The normalized spacial score (nSPS) is 23.0. The first-order chi connectivity index (χ1) is 10.5. The second-order valence-corrected chi connectivity index (χ2v) is 6.38. The smallest absolute Gasteiger partial charge is 0.329 e. The Morgan fingerprint density at radius 1 is 0.913 bits per heavy atom. The molecule has 132 valence electrons. The first kappa shape index (κ1) is 21.5. The zero-order valence-electron chi connectivity index (χ0n) is 12.7. The van der Waals surface area contributed by atoms with Gasteiger partial charge in [-0.25, -0.2) is 9.59 Å². The van der Waals surface area contributed by atoms with E-state index in [1.165, 1.54) is 37.7 Å². The van der Waals surface area contributed by atoms with E-state index in [1.807, 2.05) is 0 Å². The summed E-state index contributed by atoms with van der Waals surface area (Å²) in [6.45, 7) is 0. The average molecular weight is 368 g/mol. The van der Waals surface area contributed by atoms with E-state index in [4.69, 9.17) is 0 Å². The number of hydrogen-bond donors (Lipinski definition) is 2. The number of ether oxygens (including phenoxy) is 2. The summed E-state index contributed by atoms with van der Waals surface area (Å²) < 4.78 is 8.94. The molecule has 2 amide bonds. The number of carbonyl (C=O) groups is 4. The van der Waals surface area contributed by atoms with Gasteiger partial charge in [-0.05, 0) is 0 Å². The summed E-state index contributed by atoms with van der Waals surface area (Å²) in [7, 11) is 2.63. The Hall–Kier alpha value is -1.46. The van der Waals surface area contributed by atoms with Gasteiger partial charge in [-0.2, -0.15) is 0 Å². The topological polar surface area (TPSA) is 142 Å². The fourth-order valence-electron chi connectivity index (χ4n) is 1.63. The third kappa shape index (κ3) is 7.57. The van der Waals surface area contributed by atoms with Crippen molar-refractivity contribution in [2.45, 2.75) is 12.1 Å². The summed E-state index contributed by atoms with van der Waals surface area (Å²) in [4.78, 5) is 43.2. The number of carbonyl (C=O) groups excluding carboxylic acids is 4. The minimum Gasteiger partial charge on any atom is -0.467 e. The lowest BCUT2D eigenvalue weighted by Crippen LogP contribution is -2.47. The molecular weight excluding hydrogens is 348 g/mol.